The van der Waals surface area contributed by atoms with Crippen LogP contribution in [0, 0.1) is 0 Å². The Morgan fingerprint density at radius 3 is 2.24 bits per heavy atom. The van der Waals surface area contributed by atoms with E-state index < -0.39 is 0 Å². The van der Waals surface area contributed by atoms with E-state index in [-0.39, 0.29) is 36.8 Å². The van der Waals surface area contributed by atoms with Gasteiger partial charge in [0.25, 0.3) is 0 Å². The minimum absolute atomic E-state index is 0. The van der Waals surface area contributed by atoms with Gasteiger partial charge in [-0.25, -0.2) is 0 Å². The first-order valence-corrected chi connectivity index (χ1v) is 6.86. The van der Waals surface area contributed by atoms with Gasteiger partial charge in [0.05, 0.1) is 0 Å². The molecule has 0 saturated carbocycles. The molecule has 0 aliphatic rings. The Labute approximate surface area is 140 Å². The summed E-state index contributed by atoms with van der Waals surface area (Å²) in [6.07, 6.45) is 1.11. The van der Waals surface area contributed by atoms with Crippen LogP contribution in [0.25, 0.3) is 0 Å². The molecule has 0 saturated heterocycles. The van der Waals surface area contributed by atoms with E-state index in [9.17, 15) is 4.79 Å². The molecule has 0 spiro atoms. The largest absolute Gasteiger partial charge is 0.353 e. The van der Waals surface area contributed by atoms with E-state index in [0.717, 1.165) is 25.1 Å². The molecule has 0 heterocycles. The van der Waals surface area contributed by atoms with Crippen molar-refractivity contribution in [3.63, 3.8) is 0 Å². The molecule has 0 aliphatic carbocycles. The summed E-state index contributed by atoms with van der Waals surface area (Å²) in [4.78, 5) is 14.2. The van der Waals surface area contributed by atoms with Gasteiger partial charge in [-0.05, 0) is 32.6 Å². The van der Waals surface area contributed by atoms with Crippen molar-refractivity contribution in [2.75, 3.05) is 33.7 Å². The van der Waals surface area contributed by atoms with Gasteiger partial charge in [-0.2, -0.15) is 0 Å². The summed E-state index contributed by atoms with van der Waals surface area (Å²) >= 11 is 0. The van der Waals surface area contributed by atoms with Crippen molar-refractivity contribution in [2.24, 2.45) is 0 Å². The van der Waals surface area contributed by atoms with E-state index in [4.69, 9.17) is 0 Å². The number of rotatable bonds is 8. The van der Waals surface area contributed by atoms with Crippen LogP contribution in [0.2, 0.25) is 0 Å². The molecule has 0 aliphatic heterocycles. The molecule has 0 aromatic heterocycles. The molecule has 0 bridgehead atoms. The second-order valence-corrected chi connectivity index (χ2v) is 4.82. The Kier molecular flexibility index (Phi) is 13.8. The van der Waals surface area contributed by atoms with Crippen molar-refractivity contribution in [1.29, 1.82) is 0 Å². The quantitative estimate of drug-likeness (QED) is 0.716. The lowest BCUT2D eigenvalue weighted by molar-refractivity contribution is -0.125. The predicted octanol–water partition coefficient (Wildman–Crippen LogP) is 2.25. The van der Waals surface area contributed by atoms with Crippen molar-refractivity contribution in [2.45, 2.75) is 19.4 Å². The van der Waals surface area contributed by atoms with Gasteiger partial charge in [-0.3, -0.25) is 9.69 Å². The third kappa shape index (κ3) is 8.27. The molecule has 1 aromatic carbocycles. The van der Waals surface area contributed by atoms with E-state index in [1.54, 1.807) is 0 Å². The van der Waals surface area contributed by atoms with Crippen molar-refractivity contribution in [1.82, 2.24) is 15.5 Å². The summed E-state index contributed by atoms with van der Waals surface area (Å²) in [6, 6.07) is 9.62. The van der Waals surface area contributed by atoms with Gasteiger partial charge in [-0.15, -0.1) is 24.8 Å². The van der Waals surface area contributed by atoms with Gasteiger partial charge >= 0.3 is 0 Å². The van der Waals surface area contributed by atoms with Crippen molar-refractivity contribution >= 4 is 30.7 Å². The minimum atomic E-state index is -0.229. The molecule has 1 amide bonds. The smallest absolute Gasteiger partial charge is 0.241 e. The standard InChI is InChI=1S/C15H25N3O.2ClH/c1-4-10-16-11-12-17-15(19)14(18(2)3)13-8-6-5-7-9-13;;/h5-9,14,16H,4,10-12H2,1-3H3,(H,17,19);2*1H. The van der Waals surface area contributed by atoms with Crippen LogP contribution in [0.3, 0.4) is 0 Å². The molecule has 6 heteroatoms. The number of carbonyl (C=O) groups excluding carboxylic acids is 1. The van der Waals surface area contributed by atoms with Crippen molar-refractivity contribution in [3.8, 4) is 0 Å². The van der Waals surface area contributed by atoms with E-state index in [1.807, 2.05) is 49.3 Å². The summed E-state index contributed by atoms with van der Waals surface area (Å²) in [5, 5.41) is 6.25. The van der Waals surface area contributed by atoms with Crippen molar-refractivity contribution in [3.05, 3.63) is 35.9 Å². The summed E-state index contributed by atoms with van der Waals surface area (Å²) in [7, 11) is 3.85. The SMILES string of the molecule is CCCNCCNC(=O)C(c1ccccc1)N(C)C.Cl.Cl. The normalized spacial score (nSPS) is 11.2. The van der Waals surface area contributed by atoms with E-state index in [1.165, 1.54) is 0 Å². The van der Waals surface area contributed by atoms with Crippen molar-refractivity contribution < 1.29 is 4.79 Å². The van der Waals surface area contributed by atoms with Crippen LogP contribution in [0.15, 0.2) is 30.3 Å². The zero-order valence-electron chi connectivity index (χ0n) is 13.0. The highest BCUT2D eigenvalue weighted by atomic mass is 35.5. The molecular formula is C15H27Cl2N3O. The number of halogens is 2. The molecule has 21 heavy (non-hydrogen) atoms. The van der Waals surface area contributed by atoms with Gasteiger partial charge < -0.3 is 10.6 Å². The maximum absolute atomic E-state index is 12.2. The Balaban J connectivity index is 0. The van der Waals surface area contributed by atoms with Gasteiger partial charge in [0.2, 0.25) is 5.91 Å². The first-order chi connectivity index (χ1) is 9.16. The fraction of sp³-hybridized carbons (Fsp3) is 0.533. The lowest BCUT2D eigenvalue weighted by Crippen LogP contribution is -2.40. The second kappa shape index (κ2) is 12.9. The van der Waals surface area contributed by atoms with E-state index in [2.05, 4.69) is 17.6 Å². The average Bonchev–Trinajstić information content (AvgIpc) is 2.39. The zero-order valence-corrected chi connectivity index (χ0v) is 14.6. The van der Waals surface area contributed by atoms with Gasteiger partial charge in [-0.1, -0.05) is 37.3 Å². The van der Waals surface area contributed by atoms with Crippen LogP contribution >= 0.6 is 24.8 Å². The molecule has 122 valence electrons. The summed E-state index contributed by atoms with van der Waals surface area (Å²) < 4.78 is 0. The molecule has 1 rings (SSSR count). The maximum Gasteiger partial charge on any atom is 0.241 e. The van der Waals surface area contributed by atoms with Crippen LogP contribution in [0.1, 0.15) is 24.9 Å². The predicted molar refractivity (Wildman–Crippen MR) is 93.5 cm³/mol. The Morgan fingerprint density at radius 1 is 1.10 bits per heavy atom. The van der Waals surface area contributed by atoms with Crippen LogP contribution < -0.4 is 10.6 Å². The number of nitrogens with zero attached hydrogens (tertiary/aromatic N) is 1. The third-order valence-corrected chi connectivity index (χ3v) is 2.91. The zero-order chi connectivity index (χ0) is 14.1. The Bertz CT molecular complexity index is 374. The van der Waals surface area contributed by atoms with Crippen LogP contribution in [-0.2, 0) is 4.79 Å². The molecular weight excluding hydrogens is 309 g/mol. The molecule has 4 nitrogen and oxygen atoms in total. The molecule has 1 unspecified atom stereocenters. The number of nitrogens with one attached hydrogen (secondary N) is 2. The molecule has 2 N–H and O–H groups in total. The number of carbonyl (C=O) groups is 1. The van der Waals surface area contributed by atoms with E-state index in [0.29, 0.717) is 6.54 Å². The lowest BCUT2D eigenvalue weighted by atomic mass is 10.1. The van der Waals surface area contributed by atoms with Gasteiger partial charge in [0.15, 0.2) is 0 Å². The molecule has 1 atom stereocenters. The lowest BCUT2D eigenvalue weighted by Gasteiger charge is -2.23. The van der Waals surface area contributed by atoms with Crippen LogP contribution in [0.5, 0.6) is 0 Å². The molecule has 0 radical (unpaired) electrons. The maximum atomic E-state index is 12.2. The van der Waals surface area contributed by atoms with E-state index >= 15 is 0 Å². The average molecular weight is 336 g/mol. The van der Waals surface area contributed by atoms with Crippen LogP contribution in [-0.4, -0.2) is 44.5 Å². The fourth-order valence-corrected chi connectivity index (χ4v) is 1.99. The Morgan fingerprint density at radius 2 is 1.71 bits per heavy atom. The number of likely N-dealkylation sites (N-methyl/N-ethyl adjacent to an activating group) is 1. The van der Waals surface area contributed by atoms with Gasteiger partial charge in [0, 0.05) is 13.1 Å². The number of benzene rings is 1. The monoisotopic (exact) mass is 335 g/mol. The highest BCUT2D eigenvalue weighted by Crippen LogP contribution is 2.17. The topological polar surface area (TPSA) is 44.4 Å². The number of amides is 1. The first-order valence-electron chi connectivity index (χ1n) is 6.86. The summed E-state index contributed by atoms with van der Waals surface area (Å²) in [5.41, 5.74) is 1.02. The summed E-state index contributed by atoms with van der Waals surface area (Å²) in [5.74, 6) is 0.0505. The first kappa shape index (κ1) is 22.5. The van der Waals surface area contributed by atoms with Gasteiger partial charge in [0.1, 0.15) is 6.04 Å². The fourth-order valence-electron chi connectivity index (χ4n) is 1.99. The highest BCUT2D eigenvalue weighted by molar-refractivity contribution is 5.85. The molecule has 0 fully saturated rings. The number of hydrogen-bond donors (Lipinski definition) is 2. The highest BCUT2D eigenvalue weighted by Gasteiger charge is 2.21. The summed E-state index contributed by atoms with van der Waals surface area (Å²) in [6.45, 7) is 4.60. The molecule has 1 aromatic rings. The third-order valence-electron chi connectivity index (χ3n) is 2.91. The second-order valence-electron chi connectivity index (χ2n) is 4.82. The Hall–Kier alpha value is -0.810. The number of hydrogen-bond acceptors (Lipinski definition) is 3. The van der Waals surface area contributed by atoms with Crippen LogP contribution in [0.4, 0.5) is 0 Å². The minimum Gasteiger partial charge on any atom is -0.353 e.